The second-order valence-corrected chi connectivity index (χ2v) is 5.49. The van der Waals surface area contributed by atoms with Gasteiger partial charge >= 0.3 is 0 Å². The van der Waals surface area contributed by atoms with Crippen molar-refractivity contribution in [2.75, 3.05) is 13.7 Å². The normalized spacial score (nSPS) is 18.9. The van der Waals surface area contributed by atoms with Gasteiger partial charge in [-0.05, 0) is 48.9 Å². The van der Waals surface area contributed by atoms with Crippen LogP contribution in [0.2, 0.25) is 0 Å². The van der Waals surface area contributed by atoms with Gasteiger partial charge in [0.25, 0.3) is 0 Å². The monoisotopic (exact) mass is 265 g/mol. The lowest BCUT2D eigenvalue weighted by molar-refractivity contribution is 0.372. The topological polar surface area (TPSA) is 35.2 Å². The molecule has 0 saturated heterocycles. The summed E-state index contributed by atoms with van der Waals surface area (Å²) in [5, 5.41) is 0. The van der Waals surface area contributed by atoms with Crippen LogP contribution in [0.15, 0.2) is 18.2 Å². The van der Waals surface area contributed by atoms with Gasteiger partial charge in [-0.15, -0.1) is 0 Å². The van der Waals surface area contributed by atoms with Crippen LogP contribution >= 0.6 is 0 Å². The first kappa shape index (κ1) is 14.3. The van der Waals surface area contributed by atoms with E-state index < -0.39 is 0 Å². The molecule has 106 valence electrons. The van der Waals surface area contributed by atoms with Crippen LogP contribution in [0.25, 0.3) is 0 Å². The van der Waals surface area contributed by atoms with Crippen molar-refractivity contribution in [2.45, 2.75) is 44.4 Å². The summed E-state index contributed by atoms with van der Waals surface area (Å²) >= 11 is 0. The van der Waals surface area contributed by atoms with E-state index in [-0.39, 0.29) is 11.7 Å². The summed E-state index contributed by atoms with van der Waals surface area (Å²) in [7, 11) is 1.49. The van der Waals surface area contributed by atoms with E-state index in [0.717, 1.165) is 5.56 Å². The van der Waals surface area contributed by atoms with E-state index in [1.807, 2.05) is 6.07 Å². The minimum Gasteiger partial charge on any atom is -0.494 e. The third-order valence-corrected chi connectivity index (χ3v) is 4.33. The Morgan fingerprint density at radius 1 is 1.26 bits per heavy atom. The third kappa shape index (κ3) is 3.47. The number of nitrogens with two attached hydrogens (primary N) is 1. The van der Waals surface area contributed by atoms with Gasteiger partial charge in [-0.3, -0.25) is 0 Å². The van der Waals surface area contributed by atoms with Gasteiger partial charge in [0.05, 0.1) is 7.11 Å². The van der Waals surface area contributed by atoms with Gasteiger partial charge in [0.1, 0.15) is 0 Å². The molecule has 2 rings (SSSR count). The van der Waals surface area contributed by atoms with Gasteiger partial charge in [0.2, 0.25) is 0 Å². The Bertz CT molecular complexity index is 400. The maximum Gasteiger partial charge on any atom is 0.165 e. The lowest BCUT2D eigenvalue weighted by Gasteiger charge is -2.25. The summed E-state index contributed by atoms with van der Waals surface area (Å²) in [4.78, 5) is 0. The van der Waals surface area contributed by atoms with Crippen LogP contribution in [0.1, 0.15) is 50.0 Å². The predicted molar refractivity (Wildman–Crippen MR) is 75.9 cm³/mol. The molecular formula is C16H24FNO. The SMILES string of the molecule is COc1ccc(C(CN)C2CCCCCC2)cc1F. The third-order valence-electron chi connectivity index (χ3n) is 4.33. The number of hydrogen-bond donors (Lipinski definition) is 1. The fourth-order valence-electron chi connectivity index (χ4n) is 3.23. The highest BCUT2D eigenvalue weighted by Gasteiger charge is 2.23. The summed E-state index contributed by atoms with van der Waals surface area (Å²) in [5.74, 6) is 0.895. The predicted octanol–water partition coefficient (Wildman–Crippen LogP) is 3.85. The van der Waals surface area contributed by atoms with Crippen LogP contribution < -0.4 is 10.5 Å². The van der Waals surface area contributed by atoms with Crippen LogP contribution in [-0.2, 0) is 0 Å². The van der Waals surface area contributed by atoms with Crippen molar-refractivity contribution in [3.8, 4) is 5.75 Å². The summed E-state index contributed by atoms with van der Waals surface area (Å²) < 4.78 is 18.8. The zero-order valence-electron chi connectivity index (χ0n) is 11.7. The first-order valence-electron chi connectivity index (χ1n) is 7.29. The summed E-state index contributed by atoms with van der Waals surface area (Å²) in [5.41, 5.74) is 6.97. The van der Waals surface area contributed by atoms with Crippen molar-refractivity contribution in [3.05, 3.63) is 29.6 Å². The smallest absolute Gasteiger partial charge is 0.165 e. The van der Waals surface area contributed by atoms with Crippen LogP contribution in [0, 0.1) is 11.7 Å². The van der Waals surface area contributed by atoms with Crippen LogP contribution in [0.4, 0.5) is 4.39 Å². The zero-order valence-corrected chi connectivity index (χ0v) is 11.7. The molecule has 1 aliphatic rings. The van der Waals surface area contributed by atoms with Gasteiger partial charge in [-0.1, -0.05) is 31.7 Å². The van der Waals surface area contributed by atoms with E-state index >= 15 is 0 Å². The minimum absolute atomic E-state index is 0.276. The zero-order chi connectivity index (χ0) is 13.7. The fourth-order valence-corrected chi connectivity index (χ4v) is 3.23. The molecule has 2 nitrogen and oxygen atoms in total. The Hall–Kier alpha value is -1.09. The van der Waals surface area contributed by atoms with Crippen molar-refractivity contribution < 1.29 is 9.13 Å². The molecule has 1 fully saturated rings. The Labute approximate surface area is 115 Å². The molecule has 0 bridgehead atoms. The summed E-state index contributed by atoms with van der Waals surface area (Å²) in [6, 6.07) is 5.27. The molecule has 1 saturated carbocycles. The standard InChI is InChI=1S/C16H24FNO/c1-19-16-9-8-13(10-15(16)17)14(11-18)12-6-4-2-3-5-7-12/h8-10,12,14H,2-7,11,18H2,1H3. The van der Waals surface area contributed by atoms with E-state index in [2.05, 4.69) is 0 Å². The molecule has 1 aromatic carbocycles. The van der Waals surface area contributed by atoms with Crippen LogP contribution in [-0.4, -0.2) is 13.7 Å². The average Bonchev–Trinajstić information content (AvgIpc) is 2.69. The Balaban J connectivity index is 2.18. The maximum atomic E-state index is 13.8. The van der Waals surface area contributed by atoms with Crippen LogP contribution in [0.3, 0.4) is 0 Å². The van der Waals surface area contributed by atoms with Crippen molar-refractivity contribution in [1.29, 1.82) is 0 Å². The molecule has 0 heterocycles. The molecule has 1 aromatic rings. The van der Waals surface area contributed by atoms with Gasteiger partial charge < -0.3 is 10.5 Å². The largest absolute Gasteiger partial charge is 0.494 e. The minimum atomic E-state index is -0.285. The second kappa shape index (κ2) is 6.90. The quantitative estimate of drug-likeness (QED) is 0.839. The van der Waals surface area contributed by atoms with E-state index in [1.165, 1.54) is 45.6 Å². The lowest BCUT2D eigenvalue weighted by atomic mass is 9.81. The molecule has 3 heteroatoms. The molecule has 0 aliphatic heterocycles. The number of hydrogen-bond acceptors (Lipinski definition) is 2. The first-order valence-corrected chi connectivity index (χ1v) is 7.29. The van der Waals surface area contributed by atoms with Gasteiger partial charge in [-0.2, -0.15) is 0 Å². The highest BCUT2D eigenvalue weighted by Crippen LogP contribution is 2.35. The molecule has 0 amide bonds. The number of methoxy groups -OCH3 is 1. The summed E-state index contributed by atoms with van der Waals surface area (Å²) in [6.45, 7) is 0.594. The highest BCUT2D eigenvalue weighted by molar-refractivity contribution is 5.31. The van der Waals surface area contributed by atoms with Gasteiger partial charge in [0, 0.05) is 0 Å². The van der Waals surface area contributed by atoms with E-state index in [9.17, 15) is 4.39 Å². The van der Waals surface area contributed by atoms with E-state index in [4.69, 9.17) is 10.5 Å². The molecular weight excluding hydrogens is 241 g/mol. The molecule has 1 unspecified atom stereocenters. The number of benzene rings is 1. The average molecular weight is 265 g/mol. The van der Waals surface area contributed by atoms with E-state index in [1.54, 1.807) is 12.1 Å². The molecule has 1 atom stereocenters. The first-order chi connectivity index (χ1) is 9.26. The Morgan fingerprint density at radius 2 is 1.95 bits per heavy atom. The fraction of sp³-hybridized carbons (Fsp3) is 0.625. The molecule has 0 spiro atoms. The van der Waals surface area contributed by atoms with Crippen molar-refractivity contribution in [3.63, 3.8) is 0 Å². The summed E-state index contributed by atoms with van der Waals surface area (Å²) in [6.07, 6.45) is 7.64. The molecule has 0 aromatic heterocycles. The van der Waals surface area contributed by atoms with E-state index in [0.29, 0.717) is 18.2 Å². The van der Waals surface area contributed by atoms with Gasteiger partial charge in [-0.25, -0.2) is 4.39 Å². The van der Waals surface area contributed by atoms with Crippen molar-refractivity contribution in [1.82, 2.24) is 0 Å². The van der Waals surface area contributed by atoms with Crippen molar-refractivity contribution in [2.24, 2.45) is 11.7 Å². The number of halogens is 1. The Kier molecular flexibility index (Phi) is 5.20. The highest BCUT2D eigenvalue weighted by atomic mass is 19.1. The molecule has 0 radical (unpaired) electrons. The molecule has 2 N–H and O–H groups in total. The van der Waals surface area contributed by atoms with Crippen molar-refractivity contribution >= 4 is 0 Å². The number of rotatable bonds is 4. The maximum absolute atomic E-state index is 13.8. The van der Waals surface area contributed by atoms with Crippen LogP contribution in [0.5, 0.6) is 5.75 Å². The second-order valence-electron chi connectivity index (χ2n) is 5.49. The van der Waals surface area contributed by atoms with Gasteiger partial charge in [0.15, 0.2) is 11.6 Å². The molecule has 19 heavy (non-hydrogen) atoms. The lowest BCUT2D eigenvalue weighted by Crippen LogP contribution is -2.21. The number of ether oxygens (including phenoxy) is 1. The Morgan fingerprint density at radius 3 is 2.47 bits per heavy atom. The molecule has 1 aliphatic carbocycles.